The Balaban J connectivity index is 1.92. The first-order chi connectivity index (χ1) is 7.70. The number of hydrogen-bond acceptors (Lipinski definition) is 4. The highest BCUT2D eigenvalue weighted by atomic mass is 32.1. The topological polar surface area (TPSA) is 68.0 Å². The number of thiazole rings is 1. The number of amides is 1. The molecule has 1 aliphatic rings. The molecule has 1 heterocycles. The molecule has 3 N–H and O–H groups in total. The number of carbonyl (C=O) groups excluding carboxylic acids is 1. The van der Waals surface area contributed by atoms with Crippen molar-refractivity contribution in [2.24, 2.45) is 11.8 Å². The minimum absolute atomic E-state index is 0.0197. The van der Waals surface area contributed by atoms with Gasteiger partial charge < -0.3 is 0 Å². The summed E-state index contributed by atoms with van der Waals surface area (Å²) in [6.07, 6.45) is 3.94. The van der Waals surface area contributed by atoms with Gasteiger partial charge in [-0.2, -0.15) is 0 Å². The van der Waals surface area contributed by atoms with E-state index in [0.29, 0.717) is 5.92 Å². The lowest BCUT2D eigenvalue weighted by molar-refractivity contribution is -0.126. The Morgan fingerprint density at radius 3 is 2.69 bits per heavy atom. The van der Waals surface area contributed by atoms with Gasteiger partial charge in [0.05, 0.1) is 5.01 Å². The van der Waals surface area contributed by atoms with Crippen molar-refractivity contribution in [3.8, 4) is 0 Å². The van der Waals surface area contributed by atoms with Crippen LogP contribution in [0.2, 0.25) is 0 Å². The lowest BCUT2D eigenvalue weighted by Gasteiger charge is -2.25. The molecular formula is C11H17N3OS. The van der Waals surface area contributed by atoms with Gasteiger partial charge >= 0.3 is 0 Å². The average molecular weight is 239 g/mol. The van der Waals surface area contributed by atoms with Crippen molar-refractivity contribution in [1.82, 2.24) is 10.4 Å². The van der Waals surface area contributed by atoms with Crippen molar-refractivity contribution in [3.63, 3.8) is 0 Å². The Hall–Kier alpha value is -0.940. The van der Waals surface area contributed by atoms with Crippen molar-refractivity contribution in [2.45, 2.75) is 38.5 Å². The highest BCUT2D eigenvalue weighted by molar-refractivity contribution is 7.09. The smallest absolute Gasteiger partial charge is 0.236 e. The molecule has 0 atom stereocenters. The second-order valence-electron chi connectivity index (χ2n) is 4.38. The summed E-state index contributed by atoms with van der Waals surface area (Å²) in [6, 6.07) is 0. The van der Waals surface area contributed by atoms with Crippen LogP contribution in [0.4, 0.5) is 0 Å². The summed E-state index contributed by atoms with van der Waals surface area (Å²) >= 11 is 1.74. The zero-order chi connectivity index (χ0) is 11.5. The van der Waals surface area contributed by atoms with Crippen molar-refractivity contribution in [2.75, 3.05) is 0 Å². The average Bonchev–Trinajstić information content (AvgIpc) is 2.75. The standard InChI is InChI=1S/C11H17N3OS/c1-7-6-16-11(13-7)9-4-2-8(3-5-9)10(15)14-12/h6,8-9H,2-5,12H2,1H3,(H,14,15). The third-order valence-electron chi connectivity index (χ3n) is 3.23. The van der Waals surface area contributed by atoms with E-state index in [0.717, 1.165) is 31.4 Å². The quantitative estimate of drug-likeness (QED) is 0.469. The van der Waals surface area contributed by atoms with Crippen LogP contribution in [0.3, 0.4) is 0 Å². The Labute approximate surface area is 99.2 Å². The van der Waals surface area contributed by atoms with Crippen LogP contribution in [-0.4, -0.2) is 10.9 Å². The first kappa shape index (κ1) is 11.5. The summed E-state index contributed by atoms with van der Waals surface area (Å²) in [5, 5.41) is 3.32. The van der Waals surface area contributed by atoms with Crippen LogP contribution in [0.5, 0.6) is 0 Å². The van der Waals surface area contributed by atoms with Gasteiger partial charge in [0.1, 0.15) is 0 Å². The van der Waals surface area contributed by atoms with E-state index in [4.69, 9.17) is 5.84 Å². The van der Waals surface area contributed by atoms with E-state index in [-0.39, 0.29) is 11.8 Å². The lowest BCUT2D eigenvalue weighted by Crippen LogP contribution is -2.37. The van der Waals surface area contributed by atoms with Gasteiger partial charge in [0.2, 0.25) is 5.91 Å². The molecule has 0 aliphatic heterocycles. The minimum atomic E-state index is -0.0197. The Bertz CT molecular complexity index is 369. The number of nitrogens with two attached hydrogens (primary N) is 1. The van der Waals surface area contributed by atoms with Crippen molar-refractivity contribution in [3.05, 3.63) is 16.1 Å². The third kappa shape index (κ3) is 2.41. The predicted molar refractivity (Wildman–Crippen MR) is 63.9 cm³/mol. The van der Waals surface area contributed by atoms with E-state index in [9.17, 15) is 4.79 Å². The number of rotatable bonds is 2. The Kier molecular flexibility index (Phi) is 3.56. The third-order valence-corrected chi connectivity index (χ3v) is 4.35. The number of hydrazine groups is 1. The first-order valence-electron chi connectivity index (χ1n) is 5.63. The Morgan fingerprint density at radius 1 is 1.50 bits per heavy atom. The maximum absolute atomic E-state index is 11.4. The fraction of sp³-hybridized carbons (Fsp3) is 0.636. The summed E-state index contributed by atoms with van der Waals surface area (Å²) in [7, 11) is 0. The van der Waals surface area contributed by atoms with Gasteiger partial charge in [-0.1, -0.05) is 0 Å². The van der Waals surface area contributed by atoms with Crippen LogP contribution in [0.15, 0.2) is 5.38 Å². The SMILES string of the molecule is Cc1csc(C2CCC(C(=O)NN)CC2)n1. The van der Waals surface area contributed by atoms with Gasteiger partial charge in [-0.3, -0.25) is 10.2 Å². The molecule has 1 fully saturated rings. The predicted octanol–water partition coefficient (Wildman–Crippen LogP) is 1.72. The van der Waals surface area contributed by atoms with Gasteiger partial charge in [-0.15, -0.1) is 11.3 Å². The molecule has 1 aliphatic carbocycles. The fourth-order valence-corrected chi connectivity index (χ4v) is 3.25. The lowest BCUT2D eigenvalue weighted by atomic mass is 9.82. The molecule has 1 aromatic rings. The number of nitrogens with one attached hydrogen (secondary N) is 1. The number of nitrogens with zero attached hydrogens (tertiary/aromatic N) is 1. The van der Waals surface area contributed by atoms with Crippen LogP contribution in [-0.2, 0) is 4.79 Å². The van der Waals surface area contributed by atoms with Gasteiger partial charge in [0, 0.05) is 22.9 Å². The second-order valence-corrected chi connectivity index (χ2v) is 5.27. The first-order valence-corrected chi connectivity index (χ1v) is 6.51. The number of carbonyl (C=O) groups is 1. The molecule has 5 heteroatoms. The number of hydrogen-bond donors (Lipinski definition) is 2. The monoisotopic (exact) mass is 239 g/mol. The normalized spacial score (nSPS) is 25.4. The molecule has 16 heavy (non-hydrogen) atoms. The zero-order valence-corrected chi connectivity index (χ0v) is 10.2. The molecule has 0 radical (unpaired) electrons. The van der Waals surface area contributed by atoms with Gasteiger partial charge in [0.15, 0.2) is 0 Å². The zero-order valence-electron chi connectivity index (χ0n) is 9.40. The van der Waals surface area contributed by atoms with E-state index in [1.807, 2.05) is 6.92 Å². The van der Waals surface area contributed by atoms with Crippen molar-refractivity contribution >= 4 is 17.2 Å². The molecule has 1 aromatic heterocycles. The van der Waals surface area contributed by atoms with Crippen LogP contribution < -0.4 is 11.3 Å². The molecule has 0 unspecified atom stereocenters. The molecule has 1 amide bonds. The molecule has 0 aromatic carbocycles. The summed E-state index contributed by atoms with van der Waals surface area (Å²) in [6.45, 7) is 2.02. The van der Waals surface area contributed by atoms with Gasteiger partial charge in [-0.05, 0) is 32.6 Å². The fourth-order valence-electron chi connectivity index (χ4n) is 2.28. The maximum atomic E-state index is 11.4. The molecule has 2 rings (SSSR count). The van der Waals surface area contributed by atoms with Crippen molar-refractivity contribution < 1.29 is 4.79 Å². The largest absolute Gasteiger partial charge is 0.294 e. The molecule has 88 valence electrons. The van der Waals surface area contributed by atoms with Crippen LogP contribution in [0, 0.1) is 12.8 Å². The summed E-state index contributed by atoms with van der Waals surface area (Å²) < 4.78 is 0. The van der Waals surface area contributed by atoms with Gasteiger partial charge in [-0.25, -0.2) is 10.8 Å². The van der Waals surface area contributed by atoms with E-state index in [1.165, 1.54) is 5.01 Å². The van der Waals surface area contributed by atoms with Crippen LogP contribution in [0.25, 0.3) is 0 Å². The summed E-state index contributed by atoms with van der Waals surface area (Å²) in [4.78, 5) is 15.9. The summed E-state index contributed by atoms with van der Waals surface area (Å²) in [5.74, 6) is 5.76. The second kappa shape index (κ2) is 4.93. The molecule has 4 nitrogen and oxygen atoms in total. The highest BCUT2D eigenvalue weighted by Crippen LogP contribution is 2.36. The Morgan fingerprint density at radius 2 is 2.19 bits per heavy atom. The molecular weight excluding hydrogens is 222 g/mol. The van der Waals surface area contributed by atoms with Crippen LogP contribution >= 0.6 is 11.3 Å². The summed E-state index contributed by atoms with van der Waals surface area (Å²) in [5.41, 5.74) is 3.34. The number of aryl methyl sites for hydroxylation is 1. The molecule has 0 saturated heterocycles. The van der Waals surface area contributed by atoms with Crippen molar-refractivity contribution in [1.29, 1.82) is 0 Å². The van der Waals surface area contributed by atoms with Crippen LogP contribution in [0.1, 0.15) is 42.3 Å². The maximum Gasteiger partial charge on any atom is 0.236 e. The van der Waals surface area contributed by atoms with E-state index in [2.05, 4.69) is 15.8 Å². The highest BCUT2D eigenvalue weighted by Gasteiger charge is 2.27. The number of aromatic nitrogens is 1. The minimum Gasteiger partial charge on any atom is -0.294 e. The molecule has 0 bridgehead atoms. The van der Waals surface area contributed by atoms with E-state index < -0.39 is 0 Å². The molecule has 0 spiro atoms. The van der Waals surface area contributed by atoms with E-state index >= 15 is 0 Å². The van der Waals surface area contributed by atoms with E-state index in [1.54, 1.807) is 11.3 Å². The van der Waals surface area contributed by atoms with Gasteiger partial charge in [0.25, 0.3) is 0 Å². The molecule has 1 saturated carbocycles.